The van der Waals surface area contributed by atoms with Crippen LogP contribution in [-0.4, -0.2) is 35.1 Å². The molecule has 0 saturated carbocycles. The quantitative estimate of drug-likeness (QED) is 0.695. The summed E-state index contributed by atoms with van der Waals surface area (Å²) < 4.78 is 43.6. The van der Waals surface area contributed by atoms with E-state index in [-0.39, 0.29) is 0 Å². The molecule has 28 heavy (non-hydrogen) atoms. The van der Waals surface area contributed by atoms with Crippen molar-refractivity contribution in [2.45, 2.75) is 45.0 Å². The normalized spacial score (nSPS) is 18.4. The van der Waals surface area contributed by atoms with E-state index in [0.29, 0.717) is 24.8 Å². The van der Waals surface area contributed by atoms with Gasteiger partial charge in [0.05, 0.1) is 5.56 Å². The maximum Gasteiger partial charge on any atom is 0.416 e. The van der Waals surface area contributed by atoms with E-state index in [0.717, 1.165) is 56.1 Å². The van der Waals surface area contributed by atoms with E-state index >= 15 is 0 Å². The van der Waals surface area contributed by atoms with Gasteiger partial charge in [-0.05, 0) is 49.8 Å². The molecule has 1 aromatic carbocycles. The van der Waals surface area contributed by atoms with E-state index < -0.39 is 11.7 Å². The molecule has 152 valence electrons. The second-order valence-corrected chi connectivity index (χ2v) is 7.42. The number of hydrogen-bond donors (Lipinski definition) is 0. The van der Waals surface area contributed by atoms with Crippen LogP contribution in [0.3, 0.4) is 0 Å². The Bertz CT molecular complexity index is 749. The minimum atomic E-state index is -4.28. The molecule has 2 aromatic rings. The third kappa shape index (κ3) is 6.01. The summed E-state index contributed by atoms with van der Waals surface area (Å²) >= 11 is 0. The van der Waals surface area contributed by atoms with E-state index in [9.17, 15) is 13.2 Å². The van der Waals surface area contributed by atoms with Crippen LogP contribution in [0.2, 0.25) is 0 Å². The third-order valence-corrected chi connectivity index (χ3v) is 5.14. The molecule has 1 aliphatic rings. The highest BCUT2D eigenvalue weighted by Gasteiger charge is 2.30. The van der Waals surface area contributed by atoms with Crippen molar-refractivity contribution in [3.05, 3.63) is 59.2 Å². The van der Waals surface area contributed by atoms with Crippen molar-refractivity contribution in [2.24, 2.45) is 5.92 Å². The molecule has 4 nitrogen and oxygen atoms in total. The summed E-state index contributed by atoms with van der Waals surface area (Å²) in [5, 5.41) is 0. The topological polar surface area (TPSA) is 38.2 Å². The Hall–Kier alpha value is -1.99. The van der Waals surface area contributed by atoms with Crippen LogP contribution >= 0.6 is 0 Å². The molecular formula is C21H26F3N3O. The van der Waals surface area contributed by atoms with Crippen LogP contribution in [0.15, 0.2) is 36.7 Å². The molecule has 2 heterocycles. The summed E-state index contributed by atoms with van der Waals surface area (Å²) in [7, 11) is 1.62. The van der Waals surface area contributed by atoms with Crippen molar-refractivity contribution in [2.75, 3.05) is 20.2 Å². The zero-order chi connectivity index (χ0) is 20.0. The maximum absolute atomic E-state index is 12.9. The van der Waals surface area contributed by atoms with E-state index in [2.05, 4.69) is 14.9 Å². The molecule has 1 atom stereocenters. The number of aryl methyl sites for hydroxylation is 1. The van der Waals surface area contributed by atoms with E-state index in [1.165, 1.54) is 12.1 Å². The van der Waals surface area contributed by atoms with Gasteiger partial charge in [-0.1, -0.05) is 18.2 Å². The number of rotatable bonds is 7. The Morgan fingerprint density at radius 2 is 1.96 bits per heavy atom. The number of aromatic nitrogens is 2. The fourth-order valence-corrected chi connectivity index (χ4v) is 3.73. The molecule has 7 heteroatoms. The minimum absolute atomic E-state index is 0.404. The zero-order valence-electron chi connectivity index (χ0n) is 16.1. The molecular weight excluding hydrogens is 367 g/mol. The number of methoxy groups -OCH3 is 1. The zero-order valence-corrected chi connectivity index (χ0v) is 16.1. The standard InChI is InChI=1S/C21H26F3N3O/c1-28-15-20-25-11-18(12-26-20)14-27-9-3-5-17(13-27)8-7-16-4-2-6-19(10-16)21(22,23)24/h2,4,6,10-12,17H,3,5,7-9,13-15H2,1H3. The molecule has 0 spiro atoms. The van der Waals surface area contributed by atoms with Gasteiger partial charge in [-0.2, -0.15) is 13.2 Å². The lowest BCUT2D eigenvalue weighted by molar-refractivity contribution is -0.137. The third-order valence-electron chi connectivity index (χ3n) is 5.14. The van der Waals surface area contributed by atoms with Crippen molar-refractivity contribution < 1.29 is 17.9 Å². The molecule has 0 N–H and O–H groups in total. The molecule has 1 aliphatic heterocycles. The average molecular weight is 393 g/mol. The summed E-state index contributed by atoms with van der Waals surface area (Å²) in [6, 6.07) is 5.69. The fourth-order valence-electron chi connectivity index (χ4n) is 3.73. The molecule has 1 saturated heterocycles. The highest BCUT2D eigenvalue weighted by molar-refractivity contribution is 5.25. The van der Waals surface area contributed by atoms with Gasteiger partial charge in [0.15, 0.2) is 5.82 Å². The number of halogens is 3. The molecule has 1 unspecified atom stereocenters. The number of benzene rings is 1. The summed E-state index contributed by atoms with van der Waals surface area (Å²) in [5.74, 6) is 1.17. The Balaban J connectivity index is 1.51. The number of nitrogens with zero attached hydrogens (tertiary/aromatic N) is 3. The lowest BCUT2D eigenvalue weighted by atomic mass is 9.91. The number of hydrogen-bond acceptors (Lipinski definition) is 4. The Labute approximate surface area is 163 Å². The van der Waals surface area contributed by atoms with Crippen molar-refractivity contribution >= 4 is 0 Å². The van der Waals surface area contributed by atoms with E-state index in [4.69, 9.17) is 4.74 Å². The van der Waals surface area contributed by atoms with Crippen LogP contribution in [-0.2, 0) is 30.5 Å². The van der Waals surface area contributed by atoms with Crippen molar-refractivity contribution in [1.29, 1.82) is 0 Å². The first-order valence-corrected chi connectivity index (χ1v) is 9.61. The minimum Gasteiger partial charge on any atom is -0.377 e. The van der Waals surface area contributed by atoms with Gasteiger partial charge in [0.2, 0.25) is 0 Å². The molecule has 3 rings (SSSR count). The number of piperidine rings is 1. The average Bonchev–Trinajstić information content (AvgIpc) is 2.68. The lowest BCUT2D eigenvalue weighted by Gasteiger charge is -2.32. The maximum atomic E-state index is 12.9. The molecule has 0 radical (unpaired) electrons. The van der Waals surface area contributed by atoms with E-state index in [1.807, 2.05) is 12.4 Å². The molecule has 0 aliphatic carbocycles. The van der Waals surface area contributed by atoms with E-state index in [1.54, 1.807) is 13.2 Å². The number of likely N-dealkylation sites (tertiary alicyclic amines) is 1. The summed E-state index contributed by atoms with van der Waals surface area (Å²) in [5.41, 5.74) is 1.26. The van der Waals surface area contributed by atoms with Gasteiger partial charge >= 0.3 is 6.18 Å². The Kier molecular flexibility index (Phi) is 7.02. The monoisotopic (exact) mass is 393 g/mol. The SMILES string of the molecule is COCc1ncc(CN2CCCC(CCc3cccc(C(F)(F)F)c3)C2)cn1. The van der Waals surface area contributed by atoms with Gasteiger partial charge in [0.1, 0.15) is 6.61 Å². The number of alkyl halides is 3. The van der Waals surface area contributed by atoms with Gasteiger partial charge in [-0.3, -0.25) is 4.90 Å². The second kappa shape index (κ2) is 9.47. The highest BCUT2D eigenvalue weighted by Crippen LogP contribution is 2.30. The first kappa shape index (κ1) is 20.7. The molecule has 0 bridgehead atoms. The number of ether oxygens (including phenoxy) is 1. The summed E-state index contributed by atoms with van der Waals surface area (Å²) in [6.45, 7) is 3.19. The largest absolute Gasteiger partial charge is 0.416 e. The van der Waals surface area contributed by atoms with Crippen LogP contribution < -0.4 is 0 Å². The van der Waals surface area contributed by atoms with Crippen LogP contribution in [0.5, 0.6) is 0 Å². The Morgan fingerprint density at radius 1 is 1.18 bits per heavy atom. The van der Waals surface area contributed by atoms with Crippen molar-refractivity contribution in [3.8, 4) is 0 Å². The van der Waals surface area contributed by atoms with Gasteiger partial charge in [-0.15, -0.1) is 0 Å². The van der Waals surface area contributed by atoms with Gasteiger partial charge in [0, 0.05) is 38.2 Å². The Morgan fingerprint density at radius 3 is 2.68 bits per heavy atom. The van der Waals surface area contributed by atoms with Crippen molar-refractivity contribution in [1.82, 2.24) is 14.9 Å². The summed E-state index contributed by atoms with van der Waals surface area (Å²) in [4.78, 5) is 11.0. The van der Waals surface area contributed by atoms with Gasteiger partial charge in [-0.25, -0.2) is 9.97 Å². The first-order chi connectivity index (χ1) is 13.4. The van der Waals surface area contributed by atoms with Gasteiger partial charge < -0.3 is 4.74 Å². The van der Waals surface area contributed by atoms with Crippen LogP contribution in [0.4, 0.5) is 13.2 Å². The van der Waals surface area contributed by atoms with Crippen molar-refractivity contribution in [3.63, 3.8) is 0 Å². The van der Waals surface area contributed by atoms with Crippen LogP contribution in [0.25, 0.3) is 0 Å². The highest BCUT2D eigenvalue weighted by atomic mass is 19.4. The summed E-state index contributed by atoms with van der Waals surface area (Å²) in [6.07, 6.45) is 3.21. The van der Waals surface area contributed by atoms with Crippen LogP contribution in [0.1, 0.15) is 41.8 Å². The molecule has 0 amide bonds. The first-order valence-electron chi connectivity index (χ1n) is 9.61. The smallest absolute Gasteiger partial charge is 0.377 e. The van der Waals surface area contributed by atoms with Crippen LogP contribution in [0, 0.1) is 5.92 Å². The second-order valence-electron chi connectivity index (χ2n) is 7.42. The molecule has 1 fully saturated rings. The predicted molar refractivity (Wildman–Crippen MR) is 101 cm³/mol. The fraction of sp³-hybridized carbons (Fsp3) is 0.524. The van der Waals surface area contributed by atoms with Gasteiger partial charge in [0.25, 0.3) is 0 Å². The predicted octanol–water partition coefficient (Wildman–Crippen LogP) is 4.49. The molecule has 1 aromatic heterocycles. The lowest BCUT2D eigenvalue weighted by Crippen LogP contribution is -2.35.